The number of primary amides is 1. The number of nitrogens with zero attached hydrogens (tertiary/aromatic N) is 1. The fraction of sp³-hybridized carbons (Fsp3) is 0.500. The van der Waals surface area contributed by atoms with Crippen LogP contribution in [0, 0.1) is 0 Å². The van der Waals surface area contributed by atoms with Gasteiger partial charge >= 0.3 is 6.09 Å². The Hall–Kier alpha value is -2.04. The third kappa shape index (κ3) is 11.3. The first-order chi connectivity index (χ1) is 12.2. The van der Waals surface area contributed by atoms with Gasteiger partial charge < -0.3 is 26.4 Å². The number of aliphatic imine (C=N–C) groups is 1. The maximum atomic E-state index is 11.6. The highest BCUT2D eigenvalue weighted by Gasteiger charge is 2.15. The smallest absolute Gasteiger partial charge is 0.407 e. The number of nitrogens with one attached hydrogen (secondary N) is 3. The number of rotatable bonds is 7. The summed E-state index contributed by atoms with van der Waals surface area (Å²) in [6.07, 6.45) is -0.448. The maximum absolute atomic E-state index is 11.6. The predicted octanol–water partition coefficient (Wildman–Crippen LogP) is 1.98. The largest absolute Gasteiger partial charge is 0.444 e. The number of carbonyl (C=O) groups is 2. The average Bonchev–Trinajstić information content (AvgIpc) is 2.55. The van der Waals surface area contributed by atoms with E-state index in [2.05, 4.69) is 20.9 Å². The summed E-state index contributed by atoms with van der Waals surface area (Å²) in [5, 5.41) is 8.94. The fourth-order valence-electron chi connectivity index (χ4n) is 1.95. The summed E-state index contributed by atoms with van der Waals surface area (Å²) in [7, 11) is 0. The van der Waals surface area contributed by atoms with E-state index in [0.29, 0.717) is 37.7 Å². The molecule has 0 aliphatic carbocycles. The Morgan fingerprint density at radius 2 is 1.67 bits per heavy atom. The van der Waals surface area contributed by atoms with E-state index < -0.39 is 17.6 Å². The molecule has 9 heteroatoms. The second-order valence-electron chi connectivity index (χ2n) is 6.61. The summed E-state index contributed by atoms with van der Waals surface area (Å²) < 4.78 is 5.17. The van der Waals surface area contributed by atoms with E-state index >= 15 is 0 Å². The third-order valence-corrected chi connectivity index (χ3v) is 3.09. The van der Waals surface area contributed by atoms with E-state index in [-0.39, 0.29) is 24.0 Å². The van der Waals surface area contributed by atoms with Gasteiger partial charge in [0.2, 0.25) is 5.91 Å². The van der Waals surface area contributed by atoms with Crippen molar-refractivity contribution in [2.75, 3.05) is 19.6 Å². The second kappa shape index (κ2) is 12.4. The standard InChI is InChI=1S/C18H29N5O3.HI/c1-5-20-16(21-10-11-22-17(25)26-18(2,3)4)23-12-13-6-8-14(9-7-13)15(19)24;/h6-9H,5,10-12H2,1-4H3,(H2,19,24)(H,22,25)(H2,20,21,23);1H. The molecule has 8 nitrogen and oxygen atoms in total. The van der Waals surface area contributed by atoms with Crippen LogP contribution in [0.3, 0.4) is 0 Å². The molecule has 0 heterocycles. The lowest BCUT2D eigenvalue weighted by Gasteiger charge is -2.19. The molecule has 0 bridgehead atoms. The Morgan fingerprint density at radius 1 is 1.07 bits per heavy atom. The van der Waals surface area contributed by atoms with Crippen molar-refractivity contribution < 1.29 is 14.3 Å². The molecular formula is C18H30IN5O3. The minimum atomic E-state index is -0.516. The van der Waals surface area contributed by atoms with Gasteiger partial charge in [0.15, 0.2) is 5.96 Å². The molecule has 0 radical (unpaired) electrons. The molecule has 0 unspecified atom stereocenters. The molecule has 0 aromatic heterocycles. The van der Waals surface area contributed by atoms with Gasteiger partial charge in [-0.15, -0.1) is 24.0 Å². The van der Waals surface area contributed by atoms with Crippen LogP contribution in [0.1, 0.15) is 43.6 Å². The van der Waals surface area contributed by atoms with E-state index in [0.717, 1.165) is 5.56 Å². The Labute approximate surface area is 177 Å². The summed E-state index contributed by atoms with van der Waals surface area (Å²) in [5.74, 6) is 0.185. The van der Waals surface area contributed by atoms with Crippen molar-refractivity contribution in [2.24, 2.45) is 10.7 Å². The Kier molecular flexibility index (Phi) is 11.4. The summed E-state index contributed by atoms with van der Waals surface area (Å²) in [6, 6.07) is 6.99. The van der Waals surface area contributed by atoms with Crippen LogP contribution in [0.15, 0.2) is 29.3 Å². The first kappa shape index (κ1) is 25.0. The van der Waals surface area contributed by atoms with E-state index in [1.165, 1.54) is 0 Å². The van der Waals surface area contributed by atoms with Crippen LogP contribution in [0.4, 0.5) is 4.79 Å². The first-order valence-electron chi connectivity index (χ1n) is 8.59. The van der Waals surface area contributed by atoms with Gasteiger partial charge in [-0.1, -0.05) is 12.1 Å². The number of guanidine groups is 1. The van der Waals surface area contributed by atoms with Gasteiger partial charge in [-0.25, -0.2) is 9.79 Å². The SMILES string of the molecule is CCNC(=NCc1ccc(C(N)=O)cc1)NCCNC(=O)OC(C)(C)C.I. The summed E-state index contributed by atoms with van der Waals surface area (Å²) in [5.41, 5.74) is 6.13. The second-order valence-corrected chi connectivity index (χ2v) is 6.61. The number of nitrogens with two attached hydrogens (primary N) is 1. The molecule has 2 amide bonds. The molecule has 0 saturated carbocycles. The Morgan fingerprint density at radius 3 is 2.19 bits per heavy atom. The highest BCUT2D eigenvalue weighted by Crippen LogP contribution is 2.06. The van der Waals surface area contributed by atoms with E-state index in [9.17, 15) is 9.59 Å². The van der Waals surface area contributed by atoms with Crippen LogP contribution in [-0.4, -0.2) is 43.2 Å². The molecule has 152 valence electrons. The monoisotopic (exact) mass is 491 g/mol. The number of hydrogen-bond donors (Lipinski definition) is 4. The van der Waals surface area contributed by atoms with Crippen LogP contribution in [0.2, 0.25) is 0 Å². The molecule has 0 fully saturated rings. The number of carbonyl (C=O) groups excluding carboxylic acids is 2. The molecule has 0 aliphatic heterocycles. The maximum Gasteiger partial charge on any atom is 0.407 e. The fourth-order valence-corrected chi connectivity index (χ4v) is 1.95. The van der Waals surface area contributed by atoms with Crippen molar-refractivity contribution >= 4 is 41.9 Å². The Balaban J connectivity index is 0.00000676. The number of amides is 2. The molecular weight excluding hydrogens is 461 g/mol. The van der Waals surface area contributed by atoms with Crippen LogP contribution in [0.5, 0.6) is 0 Å². The van der Waals surface area contributed by atoms with Gasteiger partial charge in [-0.2, -0.15) is 0 Å². The van der Waals surface area contributed by atoms with Crippen molar-refractivity contribution in [1.82, 2.24) is 16.0 Å². The molecule has 5 N–H and O–H groups in total. The van der Waals surface area contributed by atoms with Crippen LogP contribution >= 0.6 is 24.0 Å². The molecule has 0 atom stereocenters. The number of ether oxygens (including phenoxy) is 1. The minimum absolute atomic E-state index is 0. The van der Waals surface area contributed by atoms with Gasteiger partial charge in [0, 0.05) is 25.2 Å². The van der Waals surface area contributed by atoms with Gasteiger partial charge in [0.1, 0.15) is 5.60 Å². The van der Waals surface area contributed by atoms with Gasteiger partial charge in [-0.05, 0) is 45.4 Å². The zero-order chi connectivity index (χ0) is 19.6. The lowest BCUT2D eigenvalue weighted by Crippen LogP contribution is -2.42. The van der Waals surface area contributed by atoms with Crippen LogP contribution < -0.4 is 21.7 Å². The highest BCUT2D eigenvalue weighted by atomic mass is 127. The van der Waals surface area contributed by atoms with Crippen molar-refractivity contribution in [2.45, 2.75) is 39.8 Å². The van der Waals surface area contributed by atoms with Crippen LogP contribution in [-0.2, 0) is 11.3 Å². The highest BCUT2D eigenvalue weighted by molar-refractivity contribution is 14.0. The van der Waals surface area contributed by atoms with Crippen molar-refractivity contribution in [3.8, 4) is 0 Å². The van der Waals surface area contributed by atoms with Gasteiger partial charge in [-0.3, -0.25) is 4.79 Å². The molecule has 0 aliphatic rings. The van der Waals surface area contributed by atoms with Crippen molar-refractivity contribution in [3.05, 3.63) is 35.4 Å². The summed E-state index contributed by atoms with van der Waals surface area (Å²) >= 11 is 0. The lowest BCUT2D eigenvalue weighted by molar-refractivity contribution is 0.0528. The summed E-state index contributed by atoms with van der Waals surface area (Å²) in [4.78, 5) is 27.1. The van der Waals surface area contributed by atoms with E-state index in [4.69, 9.17) is 10.5 Å². The zero-order valence-corrected chi connectivity index (χ0v) is 18.6. The topological polar surface area (TPSA) is 118 Å². The van der Waals surface area contributed by atoms with E-state index in [1.807, 2.05) is 39.8 Å². The van der Waals surface area contributed by atoms with Gasteiger partial charge in [0.05, 0.1) is 6.54 Å². The summed E-state index contributed by atoms with van der Waals surface area (Å²) in [6.45, 7) is 9.50. The number of hydrogen-bond acceptors (Lipinski definition) is 4. The average molecular weight is 491 g/mol. The quantitative estimate of drug-likeness (QED) is 0.201. The van der Waals surface area contributed by atoms with Crippen LogP contribution in [0.25, 0.3) is 0 Å². The number of alkyl carbamates (subject to hydrolysis) is 1. The molecule has 1 aromatic rings. The Bertz CT molecular complexity index is 627. The zero-order valence-electron chi connectivity index (χ0n) is 16.3. The third-order valence-electron chi connectivity index (χ3n) is 3.09. The van der Waals surface area contributed by atoms with E-state index in [1.54, 1.807) is 12.1 Å². The molecule has 1 aromatic carbocycles. The molecule has 1 rings (SSSR count). The number of benzene rings is 1. The molecule has 27 heavy (non-hydrogen) atoms. The number of halogens is 1. The lowest BCUT2D eigenvalue weighted by atomic mass is 10.1. The minimum Gasteiger partial charge on any atom is -0.444 e. The first-order valence-corrected chi connectivity index (χ1v) is 8.59. The van der Waals surface area contributed by atoms with Crippen molar-refractivity contribution in [1.29, 1.82) is 0 Å². The molecule has 0 spiro atoms. The van der Waals surface area contributed by atoms with Crippen molar-refractivity contribution in [3.63, 3.8) is 0 Å². The normalized spacial score (nSPS) is 11.2. The predicted molar refractivity (Wildman–Crippen MR) is 117 cm³/mol. The van der Waals surface area contributed by atoms with Gasteiger partial charge in [0.25, 0.3) is 0 Å². The molecule has 0 saturated heterocycles.